The van der Waals surface area contributed by atoms with Gasteiger partial charge in [0.15, 0.2) is 5.16 Å². The predicted octanol–water partition coefficient (Wildman–Crippen LogP) is 3.38. The first-order chi connectivity index (χ1) is 13.7. The van der Waals surface area contributed by atoms with Gasteiger partial charge >= 0.3 is 0 Å². The first-order valence-corrected chi connectivity index (χ1v) is 11.3. The lowest BCUT2D eigenvalue weighted by atomic mass is 10.2. The van der Waals surface area contributed by atoms with Crippen molar-refractivity contribution in [3.63, 3.8) is 0 Å². The SMILES string of the molecule is CC(C)CNC(=O)CSc1nc2ccccc2c(=O)n1CCN(C(C)C)C(C)C. The zero-order chi connectivity index (χ0) is 21.6. The standard InChI is InChI=1S/C22H34N4O2S/c1-15(2)13-23-20(27)14-29-22-24-19-10-8-7-9-18(19)21(28)26(22)12-11-25(16(3)4)17(5)6/h7-10,15-17H,11-14H2,1-6H3,(H,23,27). The fourth-order valence-corrected chi connectivity index (χ4v) is 4.14. The highest BCUT2D eigenvalue weighted by Gasteiger charge is 2.17. The molecule has 0 aliphatic rings. The maximum Gasteiger partial charge on any atom is 0.262 e. The van der Waals surface area contributed by atoms with Crippen LogP contribution in [-0.4, -0.2) is 51.3 Å². The smallest absolute Gasteiger partial charge is 0.262 e. The van der Waals surface area contributed by atoms with Gasteiger partial charge in [-0.1, -0.05) is 37.7 Å². The molecular formula is C22H34N4O2S. The van der Waals surface area contributed by atoms with Crippen molar-refractivity contribution in [3.05, 3.63) is 34.6 Å². The molecule has 0 spiro atoms. The van der Waals surface area contributed by atoms with Gasteiger partial charge in [0.1, 0.15) is 0 Å². The van der Waals surface area contributed by atoms with E-state index in [1.165, 1.54) is 11.8 Å². The molecule has 0 radical (unpaired) electrons. The van der Waals surface area contributed by atoms with Crippen molar-refractivity contribution in [2.75, 3.05) is 18.8 Å². The number of aromatic nitrogens is 2. The van der Waals surface area contributed by atoms with E-state index < -0.39 is 0 Å². The number of hydrogen-bond donors (Lipinski definition) is 1. The van der Waals surface area contributed by atoms with E-state index in [2.05, 4.69) is 51.8 Å². The third kappa shape index (κ3) is 6.57. The van der Waals surface area contributed by atoms with Crippen LogP contribution in [-0.2, 0) is 11.3 Å². The first kappa shape index (κ1) is 23.4. The molecule has 0 aliphatic carbocycles. The molecule has 2 rings (SSSR count). The number of para-hydroxylation sites is 1. The summed E-state index contributed by atoms with van der Waals surface area (Å²) in [5.41, 5.74) is 0.622. The lowest BCUT2D eigenvalue weighted by molar-refractivity contribution is -0.118. The number of rotatable bonds is 10. The monoisotopic (exact) mass is 418 g/mol. The van der Waals surface area contributed by atoms with Gasteiger partial charge in [-0.2, -0.15) is 0 Å². The number of benzene rings is 1. The van der Waals surface area contributed by atoms with Crippen molar-refractivity contribution in [2.45, 2.75) is 65.3 Å². The van der Waals surface area contributed by atoms with Crippen molar-refractivity contribution < 1.29 is 4.79 Å². The first-order valence-electron chi connectivity index (χ1n) is 10.4. The Morgan fingerprint density at radius 3 is 2.41 bits per heavy atom. The van der Waals surface area contributed by atoms with E-state index in [9.17, 15) is 9.59 Å². The van der Waals surface area contributed by atoms with Gasteiger partial charge in [-0.25, -0.2) is 4.98 Å². The number of nitrogens with zero attached hydrogens (tertiary/aromatic N) is 3. The van der Waals surface area contributed by atoms with E-state index in [0.717, 1.165) is 6.54 Å². The summed E-state index contributed by atoms with van der Waals surface area (Å²) < 4.78 is 1.72. The quantitative estimate of drug-likeness (QED) is 0.473. The predicted molar refractivity (Wildman–Crippen MR) is 122 cm³/mol. The summed E-state index contributed by atoms with van der Waals surface area (Å²) in [5, 5.41) is 4.13. The molecule has 0 saturated heterocycles. The molecule has 1 N–H and O–H groups in total. The van der Waals surface area contributed by atoms with Crippen LogP contribution in [0.3, 0.4) is 0 Å². The molecule has 1 aromatic carbocycles. The van der Waals surface area contributed by atoms with E-state index in [4.69, 9.17) is 4.98 Å². The van der Waals surface area contributed by atoms with E-state index in [0.29, 0.717) is 47.2 Å². The minimum atomic E-state index is -0.0480. The molecule has 0 bridgehead atoms. The van der Waals surface area contributed by atoms with Crippen LogP contribution in [0.2, 0.25) is 0 Å². The lowest BCUT2D eigenvalue weighted by Gasteiger charge is -2.30. The average Bonchev–Trinajstić information content (AvgIpc) is 2.66. The number of nitrogens with one attached hydrogen (secondary N) is 1. The van der Waals surface area contributed by atoms with E-state index in [1.54, 1.807) is 4.57 Å². The molecule has 2 aromatic rings. The van der Waals surface area contributed by atoms with Crippen LogP contribution in [0, 0.1) is 5.92 Å². The van der Waals surface area contributed by atoms with Crippen LogP contribution < -0.4 is 10.9 Å². The number of hydrogen-bond acceptors (Lipinski definition) is 5. The van der Waals surface area contributed by atoms with Crippen LogP contribution in [0.1, 0.15) is 41.5 Å². The van der Waals surface area contributed by atoms with E-state index >= 15 is 0 Å². The Morgan fingerprint density at radius 2 is 1.79 bits per heavy atom. The molecule has 1 heterocycles. The molecule has 1 amide bonds. The van der Waals surface area contributed by atoms with Crippen molar-refractivity contribution in [1.82, 2.24) is 19.8 Å². The maximum absolute atomic E-state index is 13.2. The summed E-state index contributed by atoms with van der Waals surface area (Å²) in [7, 11) is 0. The van der Waals surface area contributed by atoms with Crippen LogP contribution in [0.15, 0.2) is 34.2 Å². The minimum absolute atomic E-state index is 0.0383. The Labute approximate surface area is 178 Å². The molecule has 0 unspecified atom stereocenters. The van der Waals surface area contributed by atoms with E-state index in [1.807, 2.05) is 24.3 Å². The number of thioether (sulfide) groups is 1. The average molecular weight is 419 g/mol. The third-order valence-electron chi connectivity index (χ3n) is 4.77. The Hall–Kier alpha value is -1.86. The van der Waals surface area contributed by atoms with Crippen molar-refractivity contribution in [1.29, 1.82) is 0 Å². The molecule has 0 saturated carbocycles. The zero-order valence-corrected chi connectivity index (χ0v) is 19.3. The summed E-state index contributed by atoms with van der Waals surface area (Å²) in [5.74, 6) is 0.609. The topological polar surface area (TPSA) is 67.2 Å². The number of amides is 1. The second-order valence-electron chi connectivity index (χ2n) is 8.28. The molecule has 160 valence electrons. The second kappa shape index (κ2) is 10.8. The summed E-state index contributed by atoms with van der Waals surface area (Å²) in [6, 6.07) is 8.17. The number of fused-ring (bicyclic) bond motifs is 1. The summed E-state index contributed by atoms with van der Waals surface area (Å²) >= 11 is 1.33. The van der Waals surface area contributed by atoms with Gasteiger partial charge in [0.25, 0.3) is 5.56 Å². The molecule has 7 heteroatoms. The highest BCUT2D eigenvalue weighted by atomic mass is 32.2. The highest BCUT2D eigenvalue weighted by molar-refractivity contribution is 7.99. The van der Waals surface area contributed by atoms with Crippen molar-refractivity contribution in [2.24, 2.45) is 5.92 Å². The highest BCUT2D eigenvalue weighted by Crippen LogP contribution is 2.18. The van der Waals surface area contributed by atoms with Gasteiger partial charge in [-0.15, -0.1) is 0 Å². The lowest BCUT2D eigenvalue weighted by Crippen LogP contribution is -2.40. The second-order valence-corrected chi connectivity index (χ2v) is 9.22. The van der Waals surface area contributed by atoms with Crippen molar-refractivity contribution in [3.8, 4) is 0 Å². The molecule has 1 aromatic heterocycles. The minimum Gasteiger partial charge on any atom is -0.355 e. The molecular weight excluding hydrogens is 384 g/mol. The van der Waals surface area contributed by atoms with E-state index in [-0.39, 0.29) is 17.2 Å². The molecule has 0 aliphatic heterocycles. The van der Waals surface area contributed by atoms with Gasteiger partial charge in [-0.3, -0.25) is 19.1 Å². The Morgan fingerprint density at radius 1 is 1.14 bits per heavy atom. The van der Waals surface area contributed by atoms with Gasteiger partial charge < -0.3 is 5.32 Å². The molecule has 6 nitrogen and oxygen atoms in total. The Bertz CT molecular complexity index is 869. The third-order valence-corrected chi connectivity index (χ3v) is 5.75. The molecule has 29 heavy (non-hydrogen) atoms. The zero-order valence-electron chi connectivity index (χ0n) is 18.4. The van der Waals surface area contributed by atoms with Crippen LogP contribution in [0.25, 0.3) is 10.9 Å². The summed E-state index contributed by atoms with van der Waals surface area (Å²) in [6.45, 7) is 14.7. The molecule has 0 atom stereocenters. The fraction of sp³-hybridized carbons (Fsp3) is 0.591. The van der Waals surface area contributed by atoms with Gasteiger partial charge in [0, 0.05) is 31.7 Å². The number of carbonyl (C=O) groups is 1. The summed E-state index contributed by atoms with van der Waals surface area (Å²) in [6.07, 6.45) is 0. The fourth-order valence-electron chi connectivity index (χ4n) is 3.28. The maximum atomic E-state index is 13.2. The normalized spacial score (nSPS) is 11.9. The summed E-state index contributed by atoms with van der Waals surface area (Å²) in [4.78, 5) is 32.4. The Kier molecular flexibility index (Phi) is 8.71. The Balaban J connectivity index is 2.28. The van der Waals surface area contributed by atoms with Crippen LogP contribution in [0.4, 0.5) is 0 Å². The largest absolute Gasteiger partial charge is 0.355 e. The van der Waals surface area contributed by atoms with Gasteiger partial charge in [-0.05, 0) is 45.7 Å². The molecule has 0 fully saturated rings. The number of carbonyl (C=O) groups excluding carboxylic acids is 1. The van der Waals surface area contributed by atoms with Crippen molar-refractivity contribution >= 4 is 28.6 Å². The van der Waals surface area contributed by atoms with Gasteiger partial charge in [0.2, 0.25) is 5.91 Å². The van der Waals surface area contributed by atoms with Gasteiger partial charge in [0.05, 0.1) is 16.7 Å². The van der Waals surface area contributed by atoms with Crippen LogP contribution >= 0.6 is 11.8 Å². The van der Waals surface area contributed by atoms with Crippen LogP contribution in [0.5, 0.6) is 0 Å².